The van der Waals surface area contributed by atoms with E-state index in [1.165, 1.54) is 38.5 Å². The fraction of sp³-hybridized carbons (Fsp3) is 0.467. The summed E-state index contributed by atoms with van der Waals surface area (Å²) in [6, 6.07) is 12.5. The highest BCUT2D eigenvalue weighted by Crippen LogP contribution is 2.39. The first-order valence-electron chi connectivity index (χ1n) is 13.6. The molecule has 202 valence electrons. The van der Waals surface area contributed by atoms with Gasteiger partial charge in [-0.2, -0.15) is 0 Å². The highest BCUT2D eigenvalue weighted by molar-refractivity contribution is 9.11. The normalized spacial score (nSPS) is 21.4. The number of amides is 1. The van der Waals surface area contributed by atoms with Crippen LogP contribution in [0.4, 0.5) is 0 Å². The highest BCUT2D eigenvalue weighted by Gasteiger charge is 2.39. The quantitative estimate of drug-likeness (QED) is 0.279. The molecule has 1 heterocycles. The Labute approximate surface area is 246 Å². The summed E-state index contributed by atoms with van der Waals surface area (Å²) in [6.45, 7) is 0.413. The van der Waals surface area contributed by atoms with Crippen LogP contribution < -0.4 is 9.47 Å². The van der Waals surface area contributed by atoms with Crippen molar-refractivity contribution in [2.24, 2.45) is 4.99 Å². The van der Waals surface area contributed by atoms with E-state index in [1.807, 2.05) is 47.4 Å². The lowest BCUT2D eigenvalue weighted by atomic mass is 9.94. The summed E-state index contributed by atoms with van der Waals surface area (Å²) in [7, 11) is 1.64. The summed E-state index contributed by atoms with van der Waals surface area (Å²) >= 11 is 8.62. The van der Waals surface area contributed by atoms with Gasteiger partial charge in [0.1, 0.15) is 6.61 Å². The molecule has 8 heteroatoms. The van der Waals surface area contributed by atoms with Crippen LogP contribution in [0.3, 0.4) is 0 Å². The number of aliphatic imine (C=N–C) groups is 1. The molecule has 0 unspecified atom stereocenters. The molecule has 2 saturated carbocycles. The van der Waals surface area contributed by atoms with Gasteiger partial charge in [0, 0.05) is 20.6 Å². The third kappa shape index (κ3) is 6.68. The third-order valence-electron chi connectivity index (χ3n) is 7.53. The van der Waals surface area contributed by atoms with Gasteiger partial charge >= 0.3 is 0 Å². The monoisotopic (exact) mass is 660 g/mol. The van der Waals surface area contributed by atoms with Crippen molar-refractivity contribution in [3.05, 3.63) is 61.4 Å². The van der Waals surface area contributed by atoms with Crippen molar-refractivity contribution in [2.45, 2.75) is 82.9 Å². The topological polar surface area (TPSA) is 51.1 Å². The summed E-state index contributed by atoms with van der Waals surface area (Å²) < 4.78 is 13.7. The Hall–Kier alpha value is -1.77. The maximum atomic E-state index is 13.7. The van der Waals surface area contributed by atoms with E-state index in [0.717, 1.165) is 55.8 Å². The number of amidine groups is 1. The molecule has 0 radical (unpaired) electrons. The molecule has 3 fully saturated rings. The second kappa shape index (κ2) is 13.1. The summed E-state index contributed by atoms with van der Waals surface area (Å²) in [5, 5.41) is 0.909. The standard InChI is InChI=1S/C30H34Br2N2O3S/c1-36-27-16-20(12-15-26(27)37-19-21-13-14-22(31)18-25(21)32)17-28-29(35)34(24-10-6-3-7-11-24)30(38-28)33-23-8-4-2-5-9-23/h12-18,23-24H,2-11,19H2,1H3/b28-17-,33-30?. The second-order valence-corrected chi connectivity index (χ2v) is 13.0. The molecule has 5 nitrogen and oxygen atoms in total. The molecule has 0 bridgehead atoms. The molecule has 1 aliphatic heterocycles. The SMILES string of the molecule is COc1cc(/C=C2\SC(=NC3CCCCC3)N(C3CCCCC3)C2=O)ccc1OCc1ccc(Br)cc1Br. The number of rotatable bonds is 7. The number of hydrogen-bond donors (Lipinski definition) is 0. The number of carbonyl (C=O) groups is 1. The molecule has 1 amide bonds. The Morgan fingerprint density at radius 1 is 0.974 bits per heavy atom. The van der Waals surface area contributed by atoms with Crippen molar-refractivity contribution < 1.29 is 14.3 Å². The highest BCUT2D eigenvalue weighted by atomic mass is 79.9. The average Bonchev–Trinajstić information content (AvgIpc) is 3.23. The van der Waals surface area contributed by atoms with E-state index in [-0.39, 0.29) is 11.9 Å². The Morgan fingerprint density at radius 2 is 1.71 bits per heavy atom. The van der Waals surface area contributed by atoms with Gasteiger partial charge in [0.2, 0.25) is 0 Å². The molecule has 0 atom stereocenters. The van der Waals surface area contributed by atoms with Crippen molar-refractivity contribution in [1.29, 1.82) is 0 Å². The van der Waals surface area contributed by atoms with Crippen LogP contribution >= 0.6 is 43.6 Å². The van der Waals surface area contributed by atoms with Gasteiger partial charge < -0.3 is 9.47 Å². The molecule has 1 saturated heterocycles. The number of ether oxygens (including phenoxy) is 2. The van der Waals surface area contributed by atoms with Crippen LogP contribution in [0.15, 0.2) is 55.2 Å². The smallest absolute Gasteiger partial charge is 0.266 e. The van der Waals surface area contributed by atoms with Crippen LogP contribution in [0, 0.1) is 0 Å². The van der Waals surface area contributed by atoms with E-state index in [2.05, 4.69) is 31.9 Å². The predicted molar refractivity (Wildman–Crippen MR) is 163 cm³/mol. The largest absolute Gasteiger partial charge is 0.493 e. The summed E-state index contributed by atoms with van der Waals surface area (Å²) in [5.41, 5.74) is 1.96. The van der Waals surface area contributed by atoms with Gasteiger partial charge in [-0.3, -0.25) is 14.7 Å². The molecular weight excluding hydrogens is 628 g/mol. The molecule has 2 aliphatic carbocycles. The van der Waals surface area contributed by atoms with Gasteiger partial charge in [-0.15, -0.1) is 0 Å². The molecule has 0 spiro atoms. The van der Waals surface area contributed by atoms with E-state index in [1.54, 1.807) is 18.9 Å². The molecule has 5 rings (SSSR count). The van der Waals surface area contributed by atoms with Gasteiger partial charge in [-0.05, 0) is 73.4 Å². The predicted octanol–water partition coefficient (Wildman–Crippen LogP) is 8.74. The van der Waals surface area contributed by atoms with E-state index in [4.69, 9.17) is 14.5 Å². The van der Waals surface area contributed by atoms with E-state index < -0.39 is 0 Å². The molecule has 0 N–H and O–H groups in total. The van der Waals surface area contributed by atoms with E-state index >= 15 is 0 Å². The number of thioether (sulfide) groups is 1. The zero-order valence-corrected chi connectivity index (χ0v) is 25.7. The number of benzene rings is 2. The number of carbonyl (C=O) groups excluding carboxylic acids is 1. The van der Waals surface area contributed by atoms with E-state index in [9.17, 15) is 4.79 Å². The number of nitrogens with zero attached hydrogens (tertiary/aromatic N) is 2. The zero-order chi connectivity index (χ0) is 26.5. The minimum atomic E-state index is 0.0934. The van der Waals surface area contributed by atoms with Crippen molar-refractivity contribution in [3.63, 3.8) is 0 Å². The zero-order valence-electron chi connectivity index (χ0n) is 21.8. The van der Waals surface area contributed by atoms with Crippen LogP contribution in [-0.4, -0.2) is 35.2 Å². The van der Waals surface area contributed by atoms with E-state index in [0.29, 0.717) is 24.1 Å². The number of methoxy groups -OCH3 is 1. The van der Waals surface area contributed by atoms with Gasteiger partial charge in [0.25, 0.3) is 5.91 Å². The van der Waals surface area contributed by atoms with Gasteiger partial charge in [-0.1, -0.05) is 82.5 Å². The molecule has 3 aliphatic rings. The van der Waals surface area contributed by atoms with Crippen LogP contribution in [0.1, 0.15) is 75.3 Å². The third-order valence-corrected chi connectivity index (χ3v) is 9.76. The molecule has 2 aromatic rings. The first kappa shape index (κ1) is 27.8. The molecule has 38 heavy (non-hydrogen) atoms. The van der Waals surface area contributed by atoms with Gasteiger partial charge in [-0.25, -0.2) is 0 Å². The Bertz CT molecular complexity index is 1220. The minimum Gasteiger partial charge on any atom is -0.493 e. The second-order valence-electron chi connectivity index (χ2n) is 10.2. The van der Waals surface area contributed by atoms with Crippen LogP contribution in [-0.2, 0) is 11.4 Å². The molecule has 0 aromatic heterocycles. The van der Waals surface area contributed by atoms with Gasteiger partial charge in [0.15, 0.2) is 16.7 Å². The summed E-state index contributed by atoms with van der Waals surface area (Å²) in [5.74, 6) is 1.40. The fourth-order valence-electron chi connectivity index (χ4n) is 5.44. The Balaban J connectivity index is 1.36. The average molecular weight is 662 g/mol. The van der Waals surface area contributed by atoms with Crippen molar-refractivity contribution >= 4 is 60.8 Å². The maximum Gasteiger partial charge on any atom is 0.266 e. The lowest BCUT2D eigenvalue weighted by Crippen LogP contribution is -2.41. The van der Waals surface area contributed by atoms with Crippen LogP contribution in [0.5, 0.6) is 11.5 Å². The summed E-state index contributed by atoms with van der Waals surface area (Å²) in [6.07, 6.45) is 13.8. The first-order valence-corrected chi connectivity index (χ1v) is 16.0. The lowest BCUT2D eigenvalue weighted by Gasteiger charge is -2.31. The van der Waals surface area contributed by atoms with Crippen molar-refractivity contribution in [3.8, 4) is 11.5 Å². The lowest BCUT2D eigenvalue weighted by molar-refractivity contribution is -0.124. The minimum absolute atomic E-state index is 0.0934. The fourth-order valence-corrected chi connectivity index (χ4v) is 7.71. The maximum absolute atomic E-state index is 13.7. The van der Waals surface area contributed by atoms with Crippen LogP contribution in [0.2, 0.25) is 0 Å². The van der Waals surface area contributed by atoms with Gasteiger partial charge in [0.05, 0.1) is 18.1 Å². The number of halogens is 2. The molecular formula is C30H34Br2N2O3S. The van der Waals surface area contributed by atoms with Crippen LogP contribution in [0.25, 0.3) is 6.08 Å². The Kier molecular flexibility index (Phi) is 9.55. The Morgan fingerprint density at radius 3 is 2.42 bits per heavy atom. The van der Waals surface area contributed by atoms with Crippen molar-refractivity contribution in [1.82, 2.24) is 4.90 Å². The molecule has 2 aromatic carbocycles. The first-order chi connectivity index (χ1) is 18.5. The van der Waals surface area contributed by atoms with Crippen molar-refractivity contribution in [2.75, 3.05) is 7.11 Å². The number of hydrogen-bond acceptors (Lipinski definition) is 5. The summed E-state index contributed by atoms with van der Waals surface area (Å²) in [4.78, 5) is 21.6.